The van der Waals surface area contributed by atoms with Gasteiger partial charge in [0, 0.05) is 32.7 Å². The molecule has 1 radical (unpaired) electrons. The van der Waals surface area contributed by atoms with E-state index in [0.717, 1.165) is 0 Å². The molecule has 0 N–H and O–H groups in total. The fourth-order valence-corrected chi connectivity index (χ4v) is 0.0900. The van der Waals surface area contributed by atoms with Gasteiger partial charge in [-0.1, -0.05) is 0 Å². The van der Waals surface area contributed by atoms with Crippen molar-refractivity contribution in [1.82, 2.24) is 0 Å². The van der Waals surface area contributed by atoms with Gasteiger partial charge in [0.2, 0.25) is 0 Å². The molecule has 0 fully saturated rings. The van der Waals surface area contributed by atoms with E-state index < -0.39 is 0 Å². The molecular weight excluding hydrogens is 179 g/mol. The fourth-order valence-electron chi connectivity index (χ4n) is 0.0900. The van der Waals surface area contributed by atoms with Crippen LogP contribution < -0.4 is 0 Å². The number of hydrogen-bond donors (Lipinski definition) is 0. The van der Waals surface area contributed by atoms with Crippen molar-refractivity contribution in [3.05, 3.63) is 20.1 Å². The zero-order chi connectivity index (χ0) is 4.83. The summed E-state index contributed by atoms with van der Waals surface area (Å²) in [6.45, 7) is 3.31. The minimum atomic E-state index is 0. The number of rotatable bonds is 2. The van der Waals surface area contributed by atoms with Gasteiger partial charge in [0.05, 0.1) is 0 Å². The molecule has 0 bridgehead atoms. The average molecular weight is 188 g/mol. The topological polar surface area (TPSA) is 21.6 Å². The van der Waals surface area contributed by atoms with Gasteiger partial charge in [-0.05, 0) is 0 Å². The Balaban J connectivity index is -0.000000125. The van der Waals surface area contributed by atoms with Gasteiger partial charge in [0.1, 0.15) is 7.11 Å². The summed E-state index contributed by atoms with van der Waals surface area (Å²) in [5, 5.41) is 3.22. The first-order chi connectivity index (χ1) is 2.91. The largest absolute Gasteiger partial charge is 0.419 e. The van der Waals surface area contributed by atoms with E-state index in [1.807, 2.05) is 0 Å². The van der Waals surface area contributed by atoms with Crippen LogP contribution in [0.1, 0.15) is 0 Å². The molecule has 0 rings (SSSR count). The van der Waals surface area contributed by atoms with Crippen molar-refractivity contribution in [1.29, 1.82) is 0 Å². The molecule has 0 aromatic rings. The Kier molecular flexibility index (Phi) is 30.8. The summed E-state index contributed by atoms with van der Waals surface area (Å²) in [7, 11) is 1.45. The Hall–Kier alpha value is 0.314. The van der Waals surface area contributed by atoms with Gasteiger partial charge in [0.25, 0.3) is 0 Å². The van der Waals surface area contributed by atoms with Crippen LogP contribution in [0.4, 0.5) is 0 Å². The van der Waals surface area contributed by atoms with Gasteiger partial charge in [-0.3, -0.25) is 0 Å². The van der Waals surface area contributed by atoms with Crippen molar-refractivity contribution < 1.29 is 37.5 Å². The third kappa shape index (κ3) is 16.2. The first-order valence-corrected chi connectivity index (χ1v) is 1.51. The molecule has 0 amide bonds. The van der Waals surface area contributed by atoms with Crippen LogP contribution in [0.3, 0.4) is 0 Å². The van der Waals surface area contributed by atoms with E-state index in [-0.39, 0.29) is 40.1 Å². The molecule has 0 aliphatic carbocycles. The maximum Gasteiger partial charge on any atom is 0.104 e. The molecule has 3 heteroatoms. The van der Waals surface area contributed by atoms with E-state index in [1.165, 1.54) is 13.2 Å². The van der Waals surface area contributed by atoms with Gasteiger partial charge in [-0.15, -0.1) is 6.21 Å². The second kappa shape index (κ2) is 15.7. The SMILES string of the molecule is C=C[C-]=NOC.[CH3-].[Y]. The molecule has 0 aliphatic rings. The quantitative estimate of drug-likeness (QED) is 0.361. The Morgan fingerprint density at radius 1 is 1.75 bits per heavy atom. The summed E-state index contributed by atoms with van der Waals surface area (Å²) in [4.78, 5) is 4.22. The smallest absolute Gasteiger partial charge is 0.104 e. The summed E-state index contributed by atoms with van der Waals surface area (Å²) in [5.41, 5.74) is 0. The van der Waals surface area contributed by atoms with E-state index in [9.17, 15) is 0 Å². The Labute approximate surface area is 75.9 Å². The summed E-state index contributed by atoms with van der Waals surface area (Å²) in [6.07, 6.45) is 3.78. The van der Waals surface area contributed by atoms with Crippen LogP contribution in [0.25, 0.3) is 0 Å². The monoisotopic (exact) mass is 188 g/mol. The van der Waals surface area contributed by atoms with Gasteiger partial charge < -0.3 is 12.3 Å². The summed E-state index contributed by atoms with van der Waals surface area (Å²) < 4.78 is 0. The van der Waals surface area contributed by atoms with E-state index >= 15 is 0 Å². The van der Waals surface area contributed by atoms with Crippen LogP contribution in [-0.4, -0.2) is 13.3 Å². The summed E-state index contributed by atoms with van der Waals surface area (Å²) >= 11 is 0. The molecule has 0 heterocycles. The minimum absolute atomic E-state index is 0. The molecule has 0 saturated carbocycles. The van der Waals surface area contributed by atoms with Crippen LogP contribution in [0.5, 0.6) is 0 Å². The number of nitrogens with zero attached hydrogens (tertiary/aromatic N) is 1. The maximum atomic E-state index is 4.22. The fraction of sp³-hybridized carbons (Fsp3) is 0.200. The normalized spacial score (nSPS) is 6.62. The summed E-state index contributed by atoms with van der Waals surface area (Å²) in [5.74, 6) is 0. The van der Waals surface area contributed by atoms with Crippen molar-refractivity contribution in [3.8, 4) is 0 Å². The van der Waals surface area contributed by atoms with Crippen molar-refractivity contribution in [2.75, 3.05) is 7.11 Å². The van der Waals surface area contributed by atoms with E-state index in [0.29, 0.717) is 0 Å². The third-order valence-electron chi connectivity index (χ3n) is 0.235. The minimum Gasteiger partial charge on any atom is -0.419 e. The van der Waals surface area contributed by atoms with Crippen LogP contribution in [0.15, 0.2) is 17.8 Å². The van der Waals surface area contributed by atoms with Crippen LogP contribution in [0, 0.1) is 7.43 Å². The van der Waals surface area contributed by atoms with Crippen LogP contribution >= 0.6 is 0 Å². The Bertz CT molecular complexity index is 63.4. The molecule has 0 aromatic heterocycles. The predicted octanol–water partition coefficient (Wildman–Crippen LogP) is 1.13. The van der Waals surface area contributed by atoms with E-state index in [4.69, 9.17) is 0 Å². The third-order valence-corrected chi connectivity index (χ3v) is 0.235. The first-order valence-electron chi connectivity index (χ1n) is 1.51. The van der Waals surface area contributed by atoms with E-state index in [2.05, 4.69) is 22.8 Å². The standard InChI is InChI=1S/C4H6NO.CH3.Y/c1-3-4-5-6-2;;/h3H,1H2,2H3;1H3;/q2*-1;. The molecule has 45 valence electrons. The van der Waals surface area contributed by atoms with Gasteiger partial charge in [0.15, 0.2) is 0 Å². The second-order valence-electron chi connectivity index (χ2n) is 0.607. The molecule has 0 spiro atoms. The molecule has 2 nitrogen and oxygen atoms in total. The Morgan fingerprint density at radius 3 is 2.38 bits per heavy atom. The van der Waals surface area contributed by atoms with Crippen molar-refractivity contribution in [2.24, 2.45) is 5.16 Å². The maximum absolute atomic E-state index is 4.22. The van der Waals surface area contributed by atoms with Crippen molar-refractivity contribution >= 4 is 6.21 Å². The molecule has 8 heavy (non-hydrogen) atoms. The predicted molar refractivity (Wildman–Crippen MR) is 31.1 cm³/mol. The average Bonchev–Trinajstić information content (AvgIpc) is 1.61. The first kappa shape index (κ1) is 15.7. The molecular formula is C5H9NOY-2. The van der Waals surface area contributed by atoms with E-state index in [1.54, 1.807) is 0 Å². The molecule has 0 unspecified atom stereocenters. The van der Waals surface area contributed by atoms with Crippen molar-refractivity contribution in [3.63, 3.8) is 0 Å². The zero-order valence-corrected chi connectivity index (χ0v) is 8.06. The summed E-state index contributed by atoms with van der Waals surface area (Å²) in [6, 6.07) is 0. The second-order valence-corrected chi connectivity index (χ2v) is 0.607. The molecule has 0 atom stereocenters. The Morgan fingerprint density at radius 2 is 2.25 bits per heavy atom. The van der Waals surface area contributed by atoms with Crippen molar-refractivity contribution in [2.45, 2.75) is 0 Å². The molecule has 0 saturated heterocycles. The van der Waals surface area contributed by atoms with Crippen LogP contribution in [-0.2, 0) is 37.5 Å². The molecule has 0 aliphatic heterocycles. The van der Waals surface area contributed by atoms with Gasteiger partial charge in [-0.2, -0.15) is 0 Å². The van der Waals surface area contributed by atoms with Gasteiger partial charge >= 0.3 is 0 Å². The van der Waals surface area contributed by atoms with Crippen LogP contribution in [0.2, 0.25) is 0 Å². The van der Waals surface area contributed by atoms with Gasteiger partial charge in [-0.25, -0.2) is 17.8 Å². The zero-order valence-electron chi connectivity index (χ0n) is 5.22. The number of allylic oxidation sites excluding steroid dienone is 1. The number of hydrogen-bond acceptors (Lipinski definition) is 2. The molecule has 0 aromatic carbocycles.